The van der Waals surface area contributed by atoms with Gasteiger partial charge in [0, 0.05) is 5.92 Å². The van der Waals surface area contributed by atoms with E-state index in [1.54, 1.807) is 0 Å². The molecule has 0 heterocycles. The maximum Gasteiger partial charge on any atom is 0.305 e. The van der Waals surface area contributed by atoms with Crippen molar-refractivity contribution in [3.05, 3.63) is 0 Å². The first kappa shape index (κ1) is 12.0. The summed E-state index contributed by atoms with van der Waals surface area (Å²) < 4.78 is 0. The smallest absolute Gasteiger partial charge is 0.305 e. The summed E-state index contributed by atoms with van der Waals surface area (Å²) in [6.45, 7) is 0. The van der Waals surface area contributed by atoms with E-state index in [-0.39, 0.29) is 18.2 Å². The summed E-state index contributed by atoms with van der Waals surface area (Å²) in [5.41, 5.74) is -0.445. The van der Waals surface area contributed by atoms with Crippen molar-refractivity contribution in [1.29, 1.82) is 0 Å². The third-order valence-corrected chi connectivity index (χ3v) is 4.84. The van der Waals surface area contributed by atoms with Crippen molar-refractivity contribution in [3.63, 3.8) is 0 Å². The lowest BCUT2D eigenvalue weighted by molar-refractivity contribution is -0.139. The van der Waals surface area contributed by atoms with Crippen LogP contribution in [0.15, 0.2) is 0 Å². The van der Waals surface area contributed by atoms with Gasteiger partial charge in [-0.25, -0.2) is 0 Å². The fourth-order valence-electron chi connectivity index (χ4n) is 3.60. The number of nitrogens with one attached hydrogen (secondary N) is 1. The topological polar surface area (TPSA) is 66.4 Å². The van der Waals surface area contributed by atoms with Crippen molar-refractivity contribution in [3.8, 4) is 0 Å². The Morgan fingerprint density at radius 3 is 2.44 bits per heavy atom. The summed E-state index contributed by atoms with van der Waals surface area (Å²) in [5.74, 6) is 0.901. The van der Waals surface area contributed by atoms with Gasteiger partial charge in [0.15, 0.2) is 0 Å². The molecule has 1 amide bonds. The molecule has 0 aromatic rings. The van der Waals surface area contributed by atoms with Crippen LogP contribution in [0.1, 0.15) is 51.4 Å². The molecule has 0 radical (unpaired) electrons. The summed E-state index contributed by atoms with van der Waals surface area (Å²) in [6, 6.07) is 0. The lowest BCUT2D eigenvalue weighted by Crippen LogP contribution is -2.48. The second-order valence-corrected chi connectivity index (χ2v) is 6.39. The zero-order chi connectivity index (χ0) is 12.8. The number of amides is 1. The summed E-state index contributed by atoms with van der Waals surface area (Å²) in [4.78, 5) is 23.1. The average Bonchev–Trinajstić information content (AvgIpc) is 3.16. The molecule has 0 saturated heterocycles. The van der Waals surface area contributed by atoms with E-state index < -0.39 is 11.5 Å². The molecule has 0 spiro atoms. The van der Waals surface area contributed by atoms with E-state index in [9.17, 15) is 9.59 Å². The van der Waals surface area contributed by atoms with Gasteiger partial charge in [0.1, 0.15) is 0 Å². The maximum atomic E-state index is 12.2. The van der Waals surface area contributed by atoms with Gasteiger partial charge in [-0.05, 0) is 43.9 Å². The van der Waals surface area contributed by atoms with Crippen LogP contribution < -0.4 is 5.32 Å². The van der Waals surface area contributed by atoms with Gasteiger partial charge in [-0.1, -0.05) is 12.8 Å². The SMILES string of the molecule is O=C(O)CC1(NC(=O)C2CC2C2CC2)CCCC1. The minimum Gasteiger partial charge on any atom is -0.481 e. The van der Waals surface area contributed by atoms with Gasteiger partial charge in [-0.2, -0.15) is 0 Å². The van der Waals surface area contributed by atoms with Crippen molar-refractivity contribution < 1.29 is 14.7 Å². The Labute approximate surface area is 107 Å². The van der Waals surface area contributed by atoms with Gasteiger partial charge in [0.2, 0.25) is 5.91 Å². The molecule has 0 bridgehead atoms. The molecule has 3 aliphatic carbocycles. The quantitative estimate of drug-likeness (QED) is 0.784. The Morgan fingerprint density at radius 2 is 1.89 bits per heavy atom. The molecule has 0 aromatic heterocycles. The Morgan fingerprint density at radius 1 is 1.22 bits per heavy atom. The molecule has 3 aliphatic rings. The Hall–Kier alpha value is -1.06. The molecular formula is C14H21NO3. The average molecular weight is 251 g/mol. The first-order valence-corrected chi connectivity index (χ1v) is 7.13. The fraction of sp³-hybridized carbons (Fsp3) is 0.857. The fourth-order valence-corrected chi connectivity index (χ4v) is 3.60. The Kier molecular flexibility index (Phi) is 2.83. The van der Waals surface area contributed by atoms with Crippen LogP contribution in [0.4, 0.5) is 0 Å². The molecule has 3 saturated carbocycles. The molecule has 2 atom stereocenters. The number of hydrogen-bond acceptors (Lipinski definition) is 2. The van der Waals surface area contributed by atoms with Crippen LogP contribution in [0.2, 0.25) is 0 Å². The number of aliphatic carboxylic acids is 1. The van der Waals surface area contributed by atoms with Crippen LogP contribution in [-0.2, 0) is 9.59 Å². The van der Waals surface area contributed by atoms with Crippen LogP contribution in [0.5, 0.6) is 0 Å². The van der Waals surface area contributed by atoms with Gasteiger partial charge in [0.25, 0.3) is 0 Å². The van der Waals surface area contributed by atoms with Gasteiger partial charge in [-0.3, -0.25) is 9.59 Å². The summed E-state index contributed by atoms with van der Waals surface area (Å²) >= 11 is 0. The molecule has 0 aliphatic heterocycles. The van der Waals surface area contributed by atoms with Crippen LogP contribution in [0.3, 0.4) is 0 Å². The summed E-state index contributed by atoms with van der Waals surface area (Å²) in [5, 5.41) is 12.1. The van der Waals surface area contributed by atoms with Crippen molar-refractivity contribution in [2.45, 2.75) is 56.9 Å². The normalized spacial score (nSPS) is 33.1. The molecule has 100 valence electrons. The lowest BCUT2D eigenvalue weighted by atomic mass is 9.93. The lowest BCUT2D eigenvalue weighted by Gasteiger charge is -2.28. The number of carbonyl (C=O) groups excluding carboxylic acids is 1. The van der Waals surface area contributed by atoms with Crippen LogP contribution in [-0.4, -0.2) is 22.5 Å². The van der Waals surface area contributed by atoms with E-state index in [4.69, 9.17) is 5.11 Å². The highest BCUT2D eigenvalue weighted by Crippen LogP contribution is 2.54. The van der Waals surface area contributed by atoms with Gasteiger partial charge in [-0.15, -0.1) is 0 Å². The molecule has 3 rings (SSSR count). The maximum absolute atomic E-state index is 12.2. The van der Waals surface area contributed by atoms with E-state index in [1.165, 1.54) is 12.8 Å². The van der Waals surface area contributed by atoms with Crippen LogP contribution in [0.25, 0.3) is 0 Å². The van der Waals surface area contributed by atoms with Crippen LogP contribution in [0, 0.1) is 17.8 Å². The van der Waals surface area contributed by atoms with Gasteiger partial charge < -0.3 is 10.4 Å². The summed E-state index contributed by atoms with van der Waals surface area (Å²) in [6.07, 6.45) is 7.40. The third-order valence-electron chi connectivity index (χ3n) is 4.84. The second-order valence-electron chi connectivity index (χ2n) is 6.39. The Balaban J connectivity index is 1.58. The van der Waals surface area contributed by atoms with E-state index in [0.717, 1.165) is 38.0 Å². The minimum atomic E-state index is -0.799. The monoisotopic (exact) mass is 251 g/mol. The van der Waals surface area contributed by atoms with Gasteiger partial charge >= 0.3 is 5.97 Å². The molecular weight excluding hydrogens is 230 g/mol. The number of carbonyl (C=O) groups is 2. The van der Waals surface area contributed by atoms with E-state index >= 15 is 0 Å². The number of carboxylic acids is 1. The minimum absolute atomic E-state index is 0.0829. The highest BCUT2D eigenvalue weighted by Gasteiger charge is 2.52. The molecule has 18 heavy (non-hydrogen) atoms. The highest BCUT2D eigenvalue weighted by molar-refractivity contribution is 5.83. The van der Waals surface area contributed by atoms with Crippen molar-refractivity contribution in [2.75, 3.05) is 0 Å². The van der Waals surface area contributed by atoms with E-state index in [1.807, 2.05) is 0 Å². The zero-order valence-corrected chi connectivity index (χ0v) is 10.7. The number of rotatable bonds is 5. The van der Waals surface area contributed by atoms with E-state index in [0.29, 0.717) is 5.92 Å². The molecule has 3 fully saturated rings. The first-order chi connectivity index (χ1) is 8.60. The Bertz CT molecular complexity index is 369. The predicted molar refractivity (Wildman–Crippen MR) is 65.9 cm³/mol. The number of carboxylic acid groups (broad SMARTS) is 1. The predicted octanol–water partition coefficient (Wildman–Crippen LogP) is 1.94. The molecule has 0 aromatic carbocycles. The summed E-state index contributed by atoms with van der Waals surface area (Å²) in [7, 11) is 0. The van der Waals surface area contributed by atoms with Crippen molar-refractivity contribution in [1.82, 2.24) is 5.32 Å². The first-order valence-electron chi connectivity index (χ1n) is 7.13. The highest BCUT2D eigenvalue weighted by atomic mass is 16.4. The molecule has 4 nitrogen and oxygen atoms in total. The van der Waals surface area contributed by atoms with E-state index in [2.05, 4.69) is 5.32 Å². The molecule has 4 heteroatoms. The van der Waals surface area contributed by atoms with Crippen molar-refractivity contribution in [2.24, 2.45) is 17.8 Å². The second kappa shape index (κ2) is 4.25. The third kappa shape index (κ3) is 2.38. The molecule has 2 N–H and O–H groups in total. The standard InChI is InChI=1S/C14H21NO3/c16-12(17)8-14(5-1-2-6-14)15-13(18)11-7-10(11)9-3-4-9/h9-11H,1-8H2,(H,15,18)(H,16,17). The zero-order valence-electron chi connectivity index (χ0n) is 10.7. The van der Waals surface area contributed by atoms with Crippen molar-refractivity contribution >= 4 is 11.9 Å². The van der Waals surface area contributed by atoms with Crippen LogP contribution >= 0.6 is 0 Å². The van der Waals surface area contributed by atoms with Gasteiger partial charge in [0.05, 0.1) is 12.0 Å². The number of hydrogen-bond donors (Lipinski definition) is 2. The largest absolute Gasteiger partial charge is 0.481 e. The molecule has 2 unspecified atom stereocenters.